The summed E-state index contributed by atoms with van der Waals surface area (Å²) in [5.74, 6) is -0.160. The largest absolute Gasteiger partial charge is 0.464 e. The van der Waals surface area contributed by atoms with Gasteiger partial charge in [-0.1, -0.05) is 117 Å². The smallest absolute Gasteiger partial charge is 0.335 e. The third kappa shape index (κ3) is 18.8. The van der Waals surface area contributed by atoms with Gasteiger partial charge < -0.3 is 9.47 Å². The first-order valence-corrected chi connectivity index (χ1v) is 12.5. The molecule has 0 radical (unpaired) electrons. The van der Waals surface area contributed by atoms with Crippen LogP contribution in [0.25, 0.3) is 0 Å². The van der Waals surface area contributed by atoms with Crippen molar-refractivity contribution in [3.63, 3.8) is 0 Å². The van der Waals surface area contributed by atoms with Crippen molar-refractivity contribution in [2.75, 3.05) is 13.2 Å². The average molecular weight is 399 g/mol. The Hall–Kier alpha value is -0.570. The number of esters is 1. The standard InChI is InChI=1S/C25H50O3/c1-4-7-9-10-11-12-13-14-15-16-17-18-19-20-21-24(27-23-8-5-2)25(26)28-22-6-3/h24H,4-23H2,1-3H3. The molecular formula is C25H50O3. The van der Waals surface area contributed by atoms with Gasteiger partial charge in [0.25, 0.3) is 0 Å². The van der Waals surface area contributed by atoms with Crippen molar-refractivity contribution in [3.05, 3.63) is 0 Å². The van der Waals surface area contributed by atoms with E-state index in [4.69, 9.17) is 9.47 Å². The third-order valence-electron chi connectivity index (χ3n) is 5.35. The zero-order chi connectivity index (χ0) is 20.7. The van der Waals surface area contributed by atoms with E-state index in [1.807, 2.05) is 6.92 Å². The highest BCUT2D eigenvalue weighted by molar-refractivity contribution is 5.74. The molecule has 0 rings (SSSR count). The maximum Gasteiger partial charge on any atom is 0.335 e. The van der Waals surface area contributed by atoms with Crippen LogP contribution in [0.1, 0.15) is 136 Å². The molecule has 3 nitrogen and oxygen atoms in total. The van der Waals surface area contributed by atoms with Crippen LogP contribution in [0.5, 0.6) is 0 Å². The lowest BCUT2D eigenvalue weighted by Crippen LogP contribution is -2.27. The van der Waals surface area contributed by atoms with E-state index in [0.29, 0.717) is 13.2 Å². The van der Waals surface area contributed by atoms with E-state index in [1.165, 1.54) is 83.5 Å². The molecule has 0 heterocycles. The van der Waals surface area contributed by atoms with Crippen LogP contribution in [0.15, 0.2) is 0 Å². The van der Waals surface area contributed by atoms with Gasteiger partial charge in [-0.15, -0.1) is 0 Å². The monoisotopic (exact) mass is 398 g/mol. The van der Waals surface area contributed by atoms with Crippen molar-refractivity contribution in [2.24, 2.45) is 0 Å². The summed E-state index contributed by atoms with van der Waals surface area (Å²) in [6.07, 6.45) is 22.4. The van der Waals surface area contributed by atoms with Gasteiger partial charge in [-0.2, -0.15) is 0 Å². The van der Waals surface area contributed by atoms with Gasteiger partial charge in [0.2, 0.25) is 0 Å². The second-order valence-corrected chi connectivity index (χ2v) is 8.27. The summed E-state index contributed by atoms with van der Waals surface area (Å²) in [4.78, 5) is 12.1. The van der Waals surface area contributed by atoms with Crippen LogP contribution < -0.4 is 0 Å². The van der Waals surface area contributed by atoms with Gasteiger partial charge >= 0.3 is 5.97 Å². The minimum atomic E-state index is -0.351. The van der Waals surface area contributed by atoms with E-state index in [1.54, 1.807) is 0 Å². The van der Waals surface area contributed by atoms with Crippen molar-refractivity contribution < 1.29 is 14.3 Å². The van der Waals surface area contributed by atoms with E-state index in [-0.39, 0.29) is 12.1 Å². The minimum absolute atomic E-state index is 0.160. The van der Waals surface area contributed by atoms with E-state index in [0.717, 1.165) is 32.1 Å². The summed E-state index contributed by atoms with van der Waals surface area (Å²) in [7, 11) is 0. The lowest BCUT2D eigenvalue weighted by molar-refractivity contribution is -0.157. The number of carbonyl (C=O) groups excluding carboxylic acids is 1. The van der Waals surface area contributed by atoms with Gasteiger partial charge in [0.1, 0.15) is 0 Å². The predicted molar refractivity (Wildman–Crippen MR) is 121 cm³/mol. The summed E-state index contributed by atoms with van der Waals surface area (Å²) in [6.45, 7) is 7.61. The van der Waals surface area contributed by atoms with Gasteiger partial charge in [-0.3, -0.25) is 0 Å². The van der Waals surface area contributed by atoms with Crippen molar-refractivity contribution in [1.29, 1.82) is 0 Å². The lowest BCUT2D eigenvalue weighted by atomic mass is 10.0. The molecule has 0 saturated heterocycles. The fourth-order valence-electron chi connectivity index (χ4n) is 3.46. The first-order valence-electron chi connectivity index (χ1n) is 12.5. The van der Waals surface area contributed by atoms with Crippen molar-refractivity contribution in [2.45, 2.75) is 142 Å². The molecule has 0 aromatic heterocycles. The molecule has 0 aliphatic carbocycles. The molecule has 0 N–H and O–H groups in total. The van der Waals surface area contributed by atoms with Gasteiger partial charge in [-0.25, -0.2) is 4.79 Å². The molecule has 168 valence electrons. The number of unbranched alkanes of at least 4 members (excludes halogenated alkanes) is 14. The Bertz CT molecular complexity index is 317. The fraction of sp³-hybridized carbons (Fsp3) is 0.960. The number of carbonyl (C=O) groups is 1. The summed E-state index contributed by atoms with van der Waals surface area (Å²) in [5, 5.41) is 0. The second kappa shape index (κ2) is 22.7. The van der Waals surface area contributed by atoms with Crippen LogP contribution in [-0.4, -0.2) is 25.3 Å². The topological polar surface area (TPSA) is 35.5 Å². The van der Waals surface area contributed by atoms with E-state index >= 15 is 0 Å². The SMILES string of the molecule is CCCCCCCCCCCCCCCCC(OCCCC)C(=O)OCCC. The Morgan fingerprint density at radius 2 is 1.04 bits per heavy atom. The Balaban J connectivity index is 3.56. The highest BCUT2D eigenvalue weighted by atomic mass is 16.6. The molecule has 0 fully saturated rings. The molecule has 0 bridgehead atoms. The Kier molecular flexibility index (Phi) is 22.3. The third-order valence-corrected chi connectivity index (χ3v) is 5.35. The van der Waals surface area contributed by atoms with Gasteiger partial charge in [-0.05, 0) is 19.3 Å². The Morgan fingerprint density at radius 1 is 0.571 bits per heavy atom. The molecule has 0 aliphatic heterocycles. The molecule has 0 aromatic carbocycles. The molecule has 3 heteroatoms. The van der Waals surface area contributed by atoms with Gasteiger partial charge in [0, 0.05) is 6.61 Å². The highest BCUT2D eigenvalue weighted by Crippen LogP contribution is 2.15. The second-order valence-electron chi connectivity index (χ2n) is 8.27. The van der Waals surface area contributed by atoms with Crippen LogP contribution in [0.4, 0.5) is 0 Å². The highest BCUT2D eigenvalue weighted by Gasteiger charge is 2.19. The quantitative estimate of drug-likeness (QED) is 0.137. The van der Waals surface area contributed by atoms with Crippen LogP contribution in [0, 0.1) is 0 Å². The molecule has 0 spiro atoms. The zero-order valence-corrected chi connectivity index (χ0v) is 19.4. The van der Waals surface area contributed by atoms with Crippen molar-refractivity contribution >= 4 is 5.97 Å². The summed E-state index contributed by atoms with van der Waals surface area (Å²) in [5.41, 5.74) is 0. The maximum atomic E-state index is 12.1. The fourth-order valence-corrected chi connectivity index (χ4v) is 3.46. The average Bonchev–Trinajstić information content (AvgIpc) is 2.71. The molecule has 28 heavy (non-hydrogen) atoms. The van der Waals surface area contributed by atoms with Crippen molar-refractivity contribution in [1.82, 2.24) is 0 Å². The molecule has 0 saturated carbocycles. The van der Waals surface area contributed by atoms with Gasteiger partial charge in [0.15, 0.2) is 6.10 Å². The molecular weight excluding hydrogens is 348 g/mol. The van der Waals surface area contributed by atoms with E-state index < -0.39 is 0 Å². The predicted octanol–water partition coefficient (Wildman–Crippen LogP) is 8.00. The lowest BCUT2D eigenvalue weighted by Gasteiger charge is -2.16. The first-order chi connectivity index (χ1) is 13.8. The zero-order valence-electron chi connectivity index (χ0n) is 19.4. The van der Waals surface area contributed by atoms with Crippen LogP contribution in [0.3, 0.4) is 0 Å². The number of hydrogen-bond donors (Lipinski definition) is 0. The summed E-state index contributed by atoms with van der Waals surface area (Å²) >= 11 is 0. The van der Waals surface area contributed by atoms with Gasteiger partial charge in [0.05, 0.1) is 6.61 Å². The molecule has 0 aliphatic rings. The Labute approximate surface area is 176 Å². The maximum absolute atomic E-state index is 12.1. The van der Waals surface area contributed by atoms with Crippen molar-refractivity contribution in [3.8, 4) is 0 Å². The number of hydrogen-bond acceptors (Lipinski definition) is 3. The molecule has 1 atom stereocenters. The number of ether oxygens (including phenoxy) is 2. The van der Waals surface area contributed by atoms with Crippen LogP contribution >= 0.6 is 0 Å². The first kappa shape index (κ1) is 27.4. The Morgan fingerprint density at radius 3 is 1.50 bits per heavy atom. The normalized spacial score (nSPS) is 12.2. The van der Waals surface area contributed by atoms with E-state index in [9.17, 15) is 4.79 Å². The molecule has 0 amide bonds. The summed E-state index contributed by atoms with van der Waals surface area (Å²) in [6, 6.07) is 0. The summed E-state index contributed by atoms with van der Waals surface area (Å²) < 4.78 is 11.1. The molecule has 0 aromatic rings. The van der Waals surface area contributed by atoms with Crippen LogP contribution in [0.2, 0.25) is 0 Å². The minimum Gasteiger partial charge on any atom is -0.464 e. The number of rotatable bonds is 22. The molecule has 1 unspecified atom stereocenters. The van der Waals surface area contributed by atoms with Crippen LogP contribution in [-0.2, 0) is 14.3 Å². The van der Waals surface area contributed by atoms with E-state index in [2.05, 4.69) is 13.8 Å².